The number of sulfonamides is 1. The topological polar surface area (TPSA) is 96.7 Å². The van der Waals surface area contributed by atoms with Gasteiger partial charge in [0.1, 0.15) is 0 Å². The molecule has 8 nitrogen and oxygen atoms in total. The number of hydrogen-bond donors (Lipinski definition) is 1. The van der Waals surface area contributed by atoms with Crippen molar-refractivity contribution in [2.75, 3.05) is 16.2 Å². The Morgan fingerprint density at radius 1 is 1.00 bits per heavy atom. The minimum absolute atomic E-state index is 0.0342. The molecule has 0 saturated carbocycles. The SMILES string of the molecule is CCN(c1ccccc1)S(=O)(=O)c1cccc(C(=O)Nc2nnc3ccccn23)c1. The van der Waals surface area contributed by atoms with Gasteiger partial charge in [0.05, 0.1) is 10.6 Å². The molecule has 0 aliphatic heterocycles. The van der Waals surface area contributed by atoms with Gasteiger partial charge in [-0.25, -0.2) is 8.42 Å². The van der Waals surface area contributed by atoms with Gasteiger partial charge < -0.3 is 0 Å². The number of benzene rings is 2. The van der Waals surface area contributed by atoms with E-state index in [2.05, 4.69) is 15.5 Å². The van der Waals surface area contributed by atoms with Gasteiger partial charge in [0.25, 0.3) is 15.9 Å². The molecular formula is C21H19N5O3S. The number of anilines is 2. The maximum atomic E-state index is 13.2. The molecule has 0 bridgehead atoms. The van der Waals surface area contributed by atoms with Gasteiger partial charge in [0.15, 0.2) is 5.65 Å². The van der Waals surface area contributed by atoms with Crippen molar-refractivity contribution in [3.8, 4) is 0 Å². The van der Waals surface area contributed by atoms with Crippen LogP contribution in [0.1, 0.15) is 17.3 Å². The van der Waals surface area contributed by atoms with E-state index in [0.29, 0.717) is 11.3 Å². The Hall–Kier alpha value is -3.72. The predicted molar refractivity (Wildman–Crippen MR) is 114 cm³/mol. The predicted octanol–water partition coefficient (Wildman–Crippen LogP) is 3.20. The van der Waals surface area contributed by atoms with Crippen LogP contribution >= 0.6 is 0 Å². The Kier molecular flexibility index (Phi) is 5.20. The second-order valence-electron chi connectivity index (χ2n) is 6.44. The summed E-state index contributed by atoms with van der Waals surface area (Å²) in [5, 5.41) is 10.6. The number of fused-ring (bicyclic) bond motifs is 1. The van der Waals surface area contributed by atoms with E-state index in [1.807, 2.05) is 12.1 Å². The first-order valence-corrected chi connectivity index (χ1v) is 10.7. The summed E-state index contributed by atoms with van der Waals surface area (Å²) in [6, 6.07) is 20.1. The van der Waals surface area contributed by atoms with Crippen LogP contribution in [0.5, 0.6) is 0 Å². The quantitative estimate of drug-likeness (QED) is 0.516. The molecule has 1 N–H and O–H groups in total. The zero-order valence-electron chi connectivity index (χ0n) is 16.1. The highest BCUT2D eigenvalue weighted by Gasteiger charge is 2.24. The van der Waals surface area contributed by atoms with Crippen LogP contribution in [0.25, 0.3) is 5.65 Å². The Morgan fingerprint density at radius 2 is 1.77 bits per heavy atom. The number of hydrogen-bond acceptors (Lipinski definition) is 5. The van der Waals surface area contributed by atoms with E-state index in [1.54, 1.807) is 66.1 Å². The standard InChI is InChI=1S/C21H19N5O3S/c1-2-26(17-10-4-3-5-11-17)30(28,29)18-12-8-9-16(15-18)20(27)22-21-24-23-19-13-6-7-14-25(19)21/h3-15H,2H2,1H3,(H,22,24,27). The molecule has 0 fully saturated rings. The van der Waals surface area contributed by atoms with Gasteiger partial charge in [0, 0.05) is 18.3 Å². The Morgan fingerprint density at radius 3 is 2.53 bits per heavy atom. The molecule has 2 aromatic heterocycles. The van der Waals surface area contributed by atoms with Crippen molar-refractivity contribution in [1.29, 1.82) is 0 Å². The minimum atomic E-state index is -3.84. The number of nitrogens with zero attached hydrogens (tertiary/aromatic N) is 4. The number of rotatable bonds is 6. The number of carbonyl (C=O) groups is 1. The van der Waals surface area contributed by atoms with E-state index < -0.39 is 15.9 Å². The monoisotopic (exact) mass is 421 g/mol. The van der Waals surface area contributed by atoms with Crippen LogP contribution in [0.3, 0.4) is 0 Å². The highest BCUT2D eigenvalue weighted by Crippen LogP contribution is 2.24. The van der Waals surface area contributed by atoms with Crippen molar-refractivity contribution in [1.82, 2.24) is 14.6 Å². The van der Waals surface area contributed by atoms with Crippen molar-refractivity contribution in [2.24, 2.45) is 0 Å². The molecule has 0 atom stereocenters. The van der Waals surface area contributed by atoms with Crippen molar-refractivity contribution in [2.45, 2.75) is 11.8 Å². The van der Waals surface area contributed by atoms with E-state index >= 15 is 0 Å². The fourth-order valence-electron chi connectivity index (χ4n) is 3.11. The summed E-state index contributed by atoms with van der Waals surface area (Å²) in [5.74, 6) is -0.226. The van der Waals surface area contributed by atoms with Crippen molar-refractivity contribution >= 4 is 33.2 Å². The minimum Gasteiger partial charge on any atom is -0.290 e. The van der Waals surface area contributed by atoms with Crippen LogP contribution in [0.2, 0.25) is 0 Å². The zero-order valence-corrected chi connectivity index (χ0v) is 17.0. The van der Waals surface area contributed by atoms with Gasteiger partial charge in [0.2, 0.25) is 5.95 Å². The number of aromatic nitrogens is 3. The third-order valence-electron chi connectivity index (χ3n) is 4.55. The maximum Gasteiger partial charge on any atom is 0.264 e. The molecule has 4 aromatic rings. The summed E-state index contributed by atoms with van der Waals surface area (Å²) in [6.07, 6.45) is 1.73. The van der Waals surface area contributed by atoms with Crippen LogP contribution < -0.4 is 9.62 Å². The van der Waals surface area contributed by atoms with Gasteiger partial charge >= 0.3 is 0 Å². The maximum absolute atomic E-state index is 13.2. The van der Waals surface area contributed by atoms with Crippen LogP contribution in [0.15, 0.2) is 83.9 Å². The third-order valence-corrected chi connectivity index (χ3v) is 6.45. The number of para-hydroxylation sites is 1. The normalized spacial score (nSPS) is 11.4. The van der Waals surface area contributed by atoms with Gasteiger partial charge in [-0.1, -0.05) is 30.3 Å². The van der Waals surface area contributed by atoms with Crippen LogP contribution in [-0.2, 0) is 10.0 Å². The fourth-order valence-corrected chi connectivity index (χ4v) is 4.63. The Balaban J connectivity index is 1.64. The van der Waals surface area contributed by atoms with Crippen molar-refractivity contribution < 1.29 is 13.2 Å². The van der Waals surface area contributed by atoms with Gasteiger partial charge in [-0.15, -0.1) is 10.2 Å². The first-order chi connectivity index (χ1) is 14.5. The first-order valence-electron chi connectivity index (χ1n) is 9.29. The van der Waals surface area contributed by atoms with E-state index in [9.17, 15) is 13.2 Å². The molecule has 1 amide bonds. The van der Waals surface area contributed by atoms with Crippen LogP contribution in [-0.4, -0.2) is 35.5 Å². The molecule has 0 radical (unpaired) electrons. The number of nitrogens with one attached hydrogen (secondary N) is 1. The van der Waals surface area contributed by atoms with E-state index in [4.69, 9.17) is 0 Å². The van der Waals surface area contributed by atoms with Gasteiger partial charge in [-0.2, -0.15) is 0 Å². The summed E-state index contributed by atoms with van der Waals surface area (Å²) in [6.45, 7) is 2.02. The summed E-state index contributed by atoms with van der Waals surface area (Å²) in [4.78, 5) is 12.8. The lowest BCUT2D eigenvalue weighted by Crippen LogP contribution is -2.31. The summed E-state index contributed by atoms with van der Waals surface area (Å²) >= 11 is 0. The highest BCUT2D eigenvalue weighted by molar-refractivity contribution is 7.92. The molecule has 0 aliphatic rings. The molecule has 0 aliphatic carbocycles. The molecular weight excluding hydrogens is 402 g/mol. The average Bonchev–Trinajstić information content (AvgIpc) is 3.18. The molecule has 2 heterocycles. The average molecular weight is 421 g/mol. The third kappa shape index (κ3) is 3.62. The second-order valence-corrected chi connectivity index (χ2v) is 8.30. The lowest BCUT2D eigenvalue weighted by atomic mass is 10.2. The van der Waals surface area contributed by atoms with Crippen LogP contribution in [0, 0.1) is 0 Å². The van der Waals surface area contributed by atoms with Crippen LogP contribution in [0.4, 0.5) is 11.6 Å². The Bertz CT molecular complexity index is 1300. The number of pyridine rings is 1. The number of amides is 1. The number of carbonyl (C=O) groups excluding carboxylic acids is 1. The molecule has 0 unspecified atom stereocenters. The smallest absolute Gasteiger partial charge is 0.264 e. The largest absolute Gasteiger partial charge is 0.290 e. The lowest BCUT2D eigenvalue weighted by Gasteiger charge is -2.23. The summed E-state index contributed by atoms with van der Waals surface area (Å²) < 4.78 is 29.3. The van der Waals surface area contributed by atoms with E-state index in [-0.39, 0.29) is 23.0 Å². The lowest BCUT2D eigenvalue weighted by molar-refractivity contribution is 0.102. The van der Waals surface area contributed by atoms with Gasteiger partial charge in [-0.3, -0.25) is 18.8 Å². The zero-order chi connectivity index (χ0) is 21.1. The van der Waals surface area contributed by atoms with E-state index in [0.717, 1.165) is 0 Å². The molecule has 0 saturated heterocycles. The Labute approximate surface area is 173 Å². The second kappa shape index (κ2) is 7.96. The molecule has 30 heavy (non-hydrogen) atoms. The van der Waals surface area contributed by atoms with Gasteiger partial charge in [-0.05, 0) is 49.4 Å². The molecule has 4 rings (SSSR count). The molecule has 9 heteroatoms. The van der Waals surface area contributed by atoms with Crippen molar-refractivity contribution in [3.05, 3.63) is 84.6 Å². The molecule has 2 aromatic carbocycles. The first kappa shape index (κ1) is 19.6. The highest BCUT2D eigenvalue weighted by atomic mass is 32.2. The van der Waals surface area contributed by atoms with Crippen molar-refractivity contribution in [3.63, 3.8) is 0 Å². The molecule has 0 spiro atoms. The summed E-state index contributed by atoms with van der Waals surface area (Å²) in [7, 11) is -3.84. The van der Waals surface area contributed by atoms with E-state index in [1.165, 1.54) is 16.4 Å². The molecule has 152 valence electrons. The fraction of sp³-hybridized carbons (Fsp3) is 0.0952. The summed E-state index contributed by atoms with van der Waals surface area (Å²) in [5.41, 5.74) is 1.35.